The van der Waals surface area contributed by atoms with Gasteiger partial charge in [-0.1, -0.05) is 13.2 Å². The number of nitrogens with two attached hydrogens (primary N) is 1. The molecule has 0 aromatic carbocycles. The first kappa shape index (κ1) is 16.9. The summed E-state index contributed by atoms with van der Waals surface area (Å²) in [7, 11) is 0. The van der Waals surface area contributed by atoms with Crippen molar-refractivity contribution >= 4 is 5.97 Å². The van der Waals surface area contributed by atoms with Gasteiger partial charge in [0.15, 0.2) is 0 Å². The molecule has 7 nitrogen and oxygen atoms in total. The number of aromatic nitrogens is 2. The summed E-state index contributed by atoms with van der Waals surface area (Å²) >= 11 is 0. The second kappa shape index (κ2) is 9.73. The lowest BCUT2D eigenvalue weighted by Gasteiger charge is -2.14. The summed E-state index contributed by atoms with van der Waals surface area (Å²) in [6, 6.07) is -0.706. The zero-order valence-corrected chi connectivity index (χ0v) is 12.0. The highest BCUT2D eigenvalue weighted by Crippen LogP contribution is 1.98. The average molecular weight is 294 g/mol. The van der Waals surface area contributed by atoms with Crippen LogP contribution in [0, 0.1) is 0 Å². The van der Waals surface area contributed by atoms with E-state index in [1.54, 1.807) is 23.5 Å². The van der Waals surface area contributed by atoms with Gasteiger partial charge in [0, 0.05) is 24.9 Å². The first-order chi connectivity index (χ1) is 10.2. The van der Waals surface area contributed by atoms with Crippen molar-refractivity contribution in [2.24, 2.45) is 5.73 Å². The Balaban J connectivity index is 2.07. The summed E-state index contributed by atoms with van der Waals surface area (Å²) in [6.07, 6.45) is 6.85. The van der Waals surface area contributed by atoms with Gasteiger partial charge < -0.3 is 25.1 Å². The van der Waals surface area contributed by atoms with Crippen molar-refractivity contribution in [3.05, 3.63) is 43.8 Å². The highest BCUT2D eigenvalue weighted by atomic mass is 16.6. The molecule has 0 fully saturated rings. The van der Waals surface area contributed by atoms with E-state index in [-0.39, 0.29) is 6.61 Å². The van der Waals surface area contributed by atoms with Crippen LogP contribution in [-0.2, 0) is 20.7 Å². The molecule has 21 heavy (non-hydrogen) atoms. The van der Waals surface area contributed by atoms with Gasteiger partial charge in [-0.25, -0.2) is 4.98 Å². The number of hydrogen-bond acceptors (Lipinski definition) is 6. The van der Waals surface area contributed by atoms with E-state index >= 15 is 0 Å². The third-order valence-electron chi connectivity index (χ3n) is 2.73. The van der Waals surface area contributed by atoms with Crippen molar-refractivity contribution in [2.75, 3.05) is 26.4 Å². The van der Waals surface area contributed by atoms with E-state index in [0.29, 0.717) is 26.2 Å². The molecular weight excluding hydrogens is 272 g/mol. The minimum Gasteiger partial charge on any atom is -0.462 e. The second-order valence-corrected chi connectivity index (χ2v) is 4.27. The molecule has 0 radical (unpaired) electrons. The maximum Gasteiger partial charge on any atom is 0.323 e. The molecule has 0 aliphatic carbocycles. The van der Waals surface area contributed by atoms with Crippen LogP contribution in [0.1, 0.15) is 5.69 Å². The largest absolute Gasteiger partial charge is 0.462 e. The summed E-state index contributed by atoms with van der Waals surface area (Å²) < 4.78 is 10.4. The molecule has 1 unspecified atom stereocenters. The number of nitrogens with zero attached hydrogens (tertiary/aromatic N) is 2. The summed E-state index contributed by atoms with van der Waals surface area (Å²) in [6.45, 7) is 8.91. The average Bonchev–Trinajstić information content (AvgIpc) is 2.99. The van der Waals surface area contributed by atoms with Crippen molar-refractivity contribution < 1.29 is 14.3 Å². The van der Waals surface area contributed by atoms with Crippen LogP contribution < -0.4 is 5.73 Å². The van der Waals surface area contributed by atoms with E-state index in [1.807, 2.05) is 0 Å². The van der Waals surface area contributed by atoms with E-state index in [9.17, 15) is 4.79 Å². The fourth-order valence-electron chi connectivity index (χ4n) is 1.55. The van der Waals surface area contributed by atoms with E-state index in [2.05, 4.69) is 23.1 Å². The van der Waals surface area contributed by atoms with Gasteiger partial charge in [0.1, 0.15) is 12.6 Å². The Bertz CT molecular complexity index is 425. The normalized spacial score (nSPS) is 11.7. The number of aromatic amines is 1. The third-order valence-corrected chi connectivity index (χ3v) is 2.73. The number of ether oxygens (including phenoxy) is 2. The molecule has 1 atom stereocenters. The van der Waals surface area contributed by atoms with Gasteiger partial charge in [-0.3, -0.25) is 4.79 Å². The minimum atomic E-state index is -0.706. The molecule has 3 N–H and O–H groups in total. The molecule has 1 aromatic rings. The molecule has 0 aliphatic heterocycles. The van der Waals surface area contributed by atoms with Gasteiger partial charge in [-0.2, -0.15) is 0 Å². The number of esters is 1. The number of H-pyrrole nitrogens is 1. The van der Waals surface area contributed by atoms with E-state index in [0.717, 1.165) is 5.69 Å². The molecule has 0 saturated heterocycles. The number of imidazole rings is 1. The molecule has 116 valence electrons. The molecule has 0 spiro atoms. The molecule has 7 heteroatoms. The van der Waals surface area contributed by atoms with E-state index < -0.39 is 12.0 Å². The number of rotatable bonds is 11. The molecule has 1 aromatic heterocycles. The van der Waals surface area contributed by atoms with Crippen molar-refractivity contribution in [3.63, 3.8) is 0 Å². The van der Waals surface area contributed by atoms with E-state index in [4.69, 9.17) is 15.2 Å². The second-order valence-electron chi connectivity index (χ2n) is 4.27. The Morgan fingerprint density at radius 3 is 2.81 bits per heavy atom. The van der Waals surface area contributed by atoms with Crippen LogP contribution >= 0.6 is 0 Å². The minimum absolute atomic E-state index is 0.178. The zero-order valence-electron chi connectivity index (χ0n) is 12.0. The topological polar surface area (TPSA) is 93.5 Å². The van der Waals surface area contributed by atoms with Gasteiger partial charge in [-0.05, 0) is 12.4 Å². The molecular formula is C14H22N4O3. The van der Waals surface area contributed by atoms with Gasteiger partial charge in [0.25, 0.3) is 0 Å². The SMILES string of the molecule is C=CN(C=C)CCOCCOC(=O)C(N)Cc1cnc[nH]1. The molecule has 0 amide bonds. The van der Waals surface area contributed by atoms with Crippen molar-refractivity contribution in [1.29, 1.82) is 0 Å². The lowest BCUT2D eigenvalue weighted by atomic mass is 10.2. The smallest absolute Gasteiger partial charge is 0.323 e. The van der Waals surface area contributed by atoms with Gasteiger partial charge in [0.2, 0.25) is 0 Å². The monoisotopic (exact) mass is 294 g/mol. The summed E-state index contributed by atoms with van der Waals surface area (Å²) in [5.41, 5.74) is 6.53. The fourth-order valence-corrected chi connectivity index (χ4v) is 1.55. The third kappa shape index (κ3) is 6.73. The first-order valence-corrected chi connectivity index (χ1v) is 6.65. The van der Waals surface area contributed by atoms with Crippen LogP contribution in [0.15, 0.2) is 38.1 Å². The highest BCUT2D eigenvalue weighted by molar-refractivity contribution is 5.75. The van der Waals surface area contributed by atoms with Crippen LogP contribution in [0.2, 0.25) is 0 Å². The number of nitrogens with one attached hydrogen (secondary N) is 1. The number of carbonyl (C=O) groups excluding carboxylic acids is 1. The van der Waals surface area contributed by atoms with Crippen molar-refractivity contribution in [3.8, 4) is 0 Å². The first-order valence-electron chi connectivity index (χ1n) is 6.65. The quantitative estimate of drug-likeness (QED) is 0.454. The molecule has 1 rings (SSSR count). The van der Waals surface area contributed by atoms with Gasteiger partial charge in [0.05, 0.1) is 19.5 Å². The maximum absolute atomic E-state index is 11.6. The lowest BCUT2D eigenvalue weighted by molar-refractivity contribution is -0.146. The molecule has 0 saturated carbocycles. The van der Waals surface area contributed by atoms with Gasteiger partial charge >= 0.3 is 5.97 Å². The molecule has 0 bridgehead atoms. The van der Waals surface area contributed by atoms with Crippen LogP contribution in [0.4, 0.5) is 0 Å². The predicted molar refractivity (Wildman–Crippen MR) is 79.1 cm³/mol. The van der Waals surface area contributed by atoms with Gasteiger partial charge in [-0.15, -0.1) is 0 Å². The van der Waals surface area contributed by atoms with Crippen LogP contribution in [0.3, 0.4) is 0 Å². The van der Waals surface area contributed by atoms with Crippen LogP contribution in [0.25, 0.3) is 0 Å². The van der Waals surface area contributed by atoms with Crippen LogP contribution in [0.5, 0.6) is 0 Å². The summed E-state index contributed by atoms with van der Waals surface area (Å²) in [5, 5.41) is 0. The highest BCUT2D eigenvalue weighted by Gasteiger charge is 2.16. The Kier molecular flexibility index (Phi) is 7.85. The Labute approximate surface area is 124 Å². The number of carbonyl (C=O) groups is 1. The molecule has 0 aliphatic rings. The maximum atomic E-state index is 11.6. The Hall–Kier alpha value is -2.12. The number of hydrogen-bond donors (Lipinski definition) is 2. The summed E-state index contributed by atoms with van der Waals surface area (Å²) in [5.74, 6) is -0.452. The van der Waals surface area contributed by atoms with Crippen molar-refractivity contribution in [1.82, 2.24) is 14.9 Å². The summed E-state index contributed by atoms with van der Waals surface area (Å²) in [4.78, 5) is 20.2. The zero-order chi connectivity index (χ0) is 15.5. The Morgan fingerprint density at radius 1 is 1.43 bits per heavy atom. The fraction of sp³-hybridized carbons (Fsp3) is 0.429. The predicted octanol–water partition coefficient (Wildman–Crippen LogP) is 0.428. The van der Waals surface area contributed by atoms with E-state index in [1.165, 1.54) is 6.33 Å². The van der Waals surface area contributed by atoms with Crippen LogP contribution in [-0.4, -0.2) is 53.2 Å². The molecule has 1 heterocycles. The Morgan fingerprint density at radius 2 is 2.19 bits per heavy atom. The standard InChI is InChI=1S/C14H22N4O3/c1-3-18(4-2)5-6-20-7-8-21-14(19)13(15)9-12-10-16-11-17-12/h3-4,10-11,13H,1-2,5-9,15H2,(H,16,17). The lowest BCUT2D eigenvalue weighted by Crippen LogP contribution is -2.35. The van der Waals surface area contributed by atoms with Crippen molar-refractivity contribution in [2.45, 2.75) is 12.5 Å².